The summed E-state index contributed by atoms with van der Waals surface area (Å²) in [5.74, 6) is -0.181. The summed E-state index contributed by atoms with van der Waals surface area (Å²) >= 11 is 3.12. The number of carbonyl (C=O) groups is 3. The van der Waals surface area contributed by atoms with Crippen LogP contribution in [0, 0.1) is 0 Å². The van der Waals surface area contributed by atoms with Crippen LogP contribution < -0.4 is 20.3 Å². The van der Waals surface area contributed by atoms with Gasteiger partial charge in [0.05, 0.1) is 23.2 Å². The van der Waals surface area contributed by atoms with Crippen LogP contribution in [0.4, 0.5) is 17.1 Å². The monoisotopic (exact) mass is 685 g/mol. The summed E-state index contributed by atoms with van der Waals surface area (Å²) in [5.41, 5.74) is 3.52. The van der Waals surface area contributed by atoms with E-state index in [1.165, 1.54) is 11.8 Å². The second-order valence-corrected chi connectivity index (χ2v) is 13.4. The zero-order chi connectivity index (χ0) is 34.2. The predicted octanol–water partition coefficient (Wildman–Crippen LogP) is 9.20. The van der Waals surface area contributed by atoms with E-state index in [2.05, 4.69) is 10.6 Å². The number of rotatable bonds is 11. The molecule has 1 aliphatic rings. The van der Waals surface area contributed by atoms with Crippen LogP contribution in [0.2, 0.25) is 0 Å². The van der Waals surface area contributed by atoms with Crippen molar-refractivity contribution < 1.29 is 19.1 Å². The van der Waals surface area contributed by atoms with E-state index in [1.54, 1.807) is 48.2 Å². The smallest absolute Gasteiger partial charge is 0.272 e. The molecule has 1 unspecified atom stereocenters. The predicted molar refractivity (Wildman–Crippen MR) is 199 cm³/mol. The lowest BCUT2D eigenvalue weighted by Gasteiger charge is -2.33. The number of fused-ring (bicyclic) bond motifs is 2. The summed E-state index contributed by atoms with van der Waals surface area (Å²) in [6.45, 7) is 4.46. The van der Waals surface area contributed by atoms with Gasteiger partial charge in [0, 0.05) is 25.9 Å². The van der Waals surface area contributed by atoms with Crippen molar-refractivity contribution in [1.82, 2.24) is 5.32 Å². The van der Waals surface area contributed by atoms with Crippen LogP contribution in [-0.2, 0) is 9.59 Å². The van der Waals surface area contributed by atoms with Crippen LogP contribution >= 0.6 is 23.5 Å². The quantitative estimate of drug-likeness (QED) is 0.107. The Morgan fingerprint density at radius 2 is 1.45 bits per heavy atom. The zero-order valence-electron chi connectivity index (χ0n) is 27.1. The molecule has 1 atom stereocenters. The number of ether oxygens (including phenoxy) is 1. The molecule has 9 heteroatoms. The summed E-state index contributed by atoms with van der Waals surface area (Å²) in [6.07, 6.45) is 2.23. The van der Waals surface area contributed by atoms with Crippen LogP contribution in [0.5, 0.6) is 5.75 Å². The third-order valence-electron chi connectivity index (χ3n) is 7.70. The van der Waals surface area contributed by atoms with Crippen LogP contribution in [-0.4, -0.2) is 29.6 Å². The molecule has 49 heavy (non-hydrogen) atoms. The molecule has 246 valence electrons. The molecule has 7 nitrogen and oxygen atoms in total. The van der Waals surface area contributed by atoms with E-state index in [-0.39, 0.29) is 16.9 Å². The third-order valence-corrected chi connectivity index (χ3v) is 10.2. The Balaban J connectivity index is 1.22. The molecule has 0 bridgehead atoms. The van der Waals surface area contributed by atoms with Gasteiger partial charge in [0.15, 0.2) is 0 Å². The minimum absolute atomic E-state index is 0.00802. The number of amides is 3. The summed E-state index contributed by atoms with van der Waals surface area (Å²) in [4.78, 5) is 45.8. The SMILES string of the molecule is CCOc1ccc(/C=C(/NC(=O)c2ccccc2)C(=O)Nc2cccc(SC(CC)C(=O)N3c4ccccc4Sc4ccccc43)c2)cc1. The number of anilines is 3. The fourth-order valence-electron chi connectivity index (χ4n) is 5.34. The number of para-hydroxylation sites is 2. The molecule has 0 aromatic heterocycles. The van der Waals surface area contributed by atoms with Gasteiger partial charge in [-0.3, -0.25) is 19.3 Å². The molecule has 2 N–H and O–H groups in total. The van der Waals surface area contributed by atoms with Crippen molar-refractivity contribution in [1.29, 1.82) is 0 Å². The molecule has 0 saturated heterocycles. The van der Waals surface area contributed by atoms with Gasteiger partial charge in [-0.15, -0.1) is 11.8 Å². The molecule has 0 spiro atoms. The molecule has 0 fully saturated rings. The molecule has 0 aliphatic carbocycles. The highest BCUT2D eigenvalue weighted by Crippen LogP contribution is 2.49. The lowest BCUT2D eigenvalue weighted by molar-refractivity contribution is -0.117. The minimum Gasteiger partial charge on any atom is -0.494 e. The zero-order valence-corrected chi connectivity index (χ0v) is 28.7. The van der Waals surface area contributed by atoms with Crippen LogP contribution in [0.15, 0.2) is 148 Å². The Labute approximate surface area is 294 Å². The van der Waals surface area contributed by atoms with Crippen LogP contribution in [0.1, 0.15) is 36.2 Å². The van der Waals surface area contributed by atoms with Crippen molar-refractivity contribution in [2.75, 3.05) is 16.8 Å². The molecule has 1 aliphatic heterocycles. The summed E-state index contributed by atoms with van der Waals surface area (Å²) in [5, 5.41) is 5.35. The van der Waals surface area contributed by atoms with E-state index in [0.717, 1.165) is 31.6 Å². The molecule has 3 amide bonds. The van der Waals surface area contributed by atoms with E-state index < -0.39 is 11.8 Å². The van der Waals surface area contributed by atoms with Crippen molar-refractivity contribution in [3.05, 3.63) is 144 Å². The Kier molecular flexibility index (Phi) is 10.8. The Hall–Kier alpha value is -5.25. The second-order valence-electron chi connectivity index (χ2n) is 11.1. The van der Waals surface area contributed by atoms with E-state index in [0.29, 0.717) is 30.0 Å². The summed E-state index contributed by atoms with van der Waals surface area (Å²) in [7, 11) is 0. The Morgan fingerprint density at radius 3 is 2.10 bits per heavy atom. The maximum atomic E-state index is 14.2. The number of hydrogen-bond donors (Lipinski definition) is 2. The number of benzene rings is 5. The minimum atomic E-state index is -0.484. The molecular weight excluding hydrogens is 651 g/mol. The second kappa shape index (κ2) is 15.8. The molecule has 5 aromatic rings. The normalized spacial score (nSPS) is 12.7. The first-order chi connectivity index (χ1) is 23.9. The summed E-state index contributed by atoms with van der Waals surface area (Å²) < 4.78 is 5.55. The lowest BCUT2D eigenvalue weighted by atomic mass is 10.1. The highest BCUT2D eigenvalue weighted by molar-refractivity contribution is 8.00. The molecule has 5 aromatic carbocycles. The van der Waals surface area contributed by atoms with Crippen LogP contribution in [0.25, 0.3) is 6.08 Å². The fourth-order valence-corrected chi connectivity index (χ4v) is 7.45. The van der Waals surface area contributed by atoms with Crippen molar-refractivity contribution in [3.8, 4) is 5.75 Å². The van der Waals surface area contributed by atoms with Gasteiger partial charge >= 0.3 is 0 Å². The Morgan fingerprint density at radius 1 is 0.796 bits per heavy atom. The number of carbonyl (C=O) groups excluding carboxylic acids is 3. The first-order valence-corrected chi connectivity index (χ1v) is 17.7. The Bertz CT molecular complexity index is 1950. The molecule has 1 heterocycles. The van der Waals surface area contributed by atoms with E-state index in [9.17, 15) is 14.4 Å². The lowest BCUT2D eigenvalue weighted by Crippen LogP contribution is -2.35. The van der Waals surface area contributed by atoms with Gasteiger partial charge in [-0.25, -0.2) is 0 Å². The fraction of sp³-hybridized carbons (Fsp3) is 0.125. The van der Waals surface area contributed by atoms with Crippen molar-refractivity contribution in [2.24, 2.45) is 0 Å². The highest BCUT2D eigenvalue weighted by Gasteiger charge is 2.32. The average Bonchev–Trinajstić information content (AvgIpc) is 3.13. The van der Waals surface area contributed by atoms with Crippen molar-refractivity contribution >= 4 is 64.4 Å². The molecule has 6 rings (SSSR count). The van der Waals surface area contributed by atoms with Gasteiger partial charge < -0.3 is 15.4 Å². The number of nitrogens with zero attached hydrogens (tertiary/aromatic N) is 1. The first kappa shape index (κ1) is 33.6. The van der Waals surface area contributed by atoms with Gasteiger partial charge in [-0.2, -0.15) is 0 Å². The van der Waals surface area contributed by atoms with Crippen molar-refractivity contribution in [2.45, 2.75) is 40.2 Å². The van der Waals surface area contributed by atoms with E-state index >= 15 is 0 Å². The highest BCUT2D eigenvalue weighted by atomic mass is 32.2. The third kappa shape index (κ3) is 8.08. The maximum absolute atomic E-state index is 14.2. The van der Waals surface area contributed by atoms with E-state index in [1.807, 2.05) is 116 Å². The topological polar surface area (TPSA) is 87.7 Å². The van der Waals surface area contributed by atoms with Crippen molar-refractivity contribution in [3.63, 3.8) is 0 Å². The van der Waals surface area contributed by atoms with Gasteiger partial charge in [0.2, 0.25) is 5.91 Å². The van der Waals surface area contributed by atoms with Gasteiger partial charge in [0.25, 0.3) is 11.8 Å². The maximum Gasteiger partial charge on any atom is 0.272 e. The summed E-state index contributed by atoms with van der Waals surface area (Å²) in [6, 6.07) is 39.3. The molecular formula is C40H35N3O4S2. The van der Waals surface area contributed by atoms with Gasteiger partial charge in [-0.05, 0) is 91.7 Å². The number of hydrogen-bond acceptors (Lipinski definition) is 6. The standard InChI is InChI=1S/C40H35N3O4S2/c1-3-35(40(46)43-33-17-8-10-19-36(33)49-37-20-11-9-18-34(37)43)48-31-16-12-15-29(26-31)41-39(45)32(42-38(44)28-13-6-5-7-14-28)25-27-21-23-30(24-22-27)47-4-2/h5-26,35H,3-4H2,1-2H3,(H,41,45)(H,42,44)/b32-25+. The molecule has 0 radical (unpaired) electrons. The van der Waals surface area contributed by atoms with Gasteiger partial charge in [-0.1, -0.05) is 79.3 Å². The van der Waals surface area contributed by atoms with Crippen LogP contribution in [0.3, 0.4) is 0 Å². The largest absolute Gasteiger partial charge is 0.494 e. The van der Waals surface area contributed by atoms with Gasteiger partial charge in [0.1, 0.15) is 11.4 Å². The molecule has 0 saturated carbocycles. The first-order valence-electron chi connectivity index (χ1n) is 16.0. The number of thioether (sulfide) groups is 1. The number of nitrogens with one attached hydrogen (secondary N) is 2. The van der Waals surface area contributed by atoms with E-state index in [4.69, 9.17) is 4.74 Å². The average molecular weight is 686 g/mol.